The molecule has 5 aromatic carbocycles. The van der Waals surface area contributed by atoms with Gasteiger partial charge in [-0.25, -0.2) is 38.7 Å². The maximum atomic E-state index is 14.7. The van der Waals surface area contributed by atoms with Crippen LogP contribution in [-0.2, 0) is 39.3 Å². The molecule has 236 valence electrons. The van der Waals surface area contributed by atoms with Gasteiger partial charge in [-0.15, -0.1) is 0 Å². The van der Waals surface area contributed by atoms with E-state index in [-0.39, 0.29) is 59.1 Å². The van der Waals surface area contributed by atoms with E-state index in [0.717, 1.165) is 6.07 Å². The quantitative estimate of drug-likeness (QED) is 0.189. The van der Waals surface area contributed by atoms with E-state index in [1.165, 1.54) is 64.4 Å². The Morgan fingerprint density at radius 3 is 1.31 bits per heavy atom. The van der Waals surface area contributed by atoms with Crippen molar-refractivity contribution in [3.63, 3.8) is 0 Å². The molecular weight excluding hydrogens is 695 g/mol. The molecule has 15 heteroatoms. The first-order valence-electron chi connectivity index (χ1n) is 14.4. The van der Waals surface area contributed by atoms with Crippen molar-refractivity contribution in [1.29, 1.82) is 0 Å². The third-order valence-corrected chi connectivity index (χ3v) is 16.4. The molecule has 4 aliphatic rings. The SMILES string of the molecule is O=S1(=O)c2ccccc2N2c3ccccc3S(=O)(=O)c3c2c1cc1c2c4c(nc31)S(=O)(=O)c1ccccc1N4c1ccccc1S2(=O)=O. The van der Waals surface area contributed by atoms with Gasteiger partial charge in [0, 0.05) is 5.39 Å². The van der Waals surface area contributed by atoms with Crippen LogP contribution in [0, 0.1) is 0 Å². The van der Waals surface area contributed by atoms with Gasteiger partial charge in [0.2, 0.25) is 39.3 Å². The summed E-state index contributed by atoms with van der Waals surface area (Å²) in [6.07, 6.45) is 0. The predicted molar refractivity (Wildman–Crippen MR) is 173 cm³/mol. The van der Waals surface area contributed by atoms with Gasteiger partial charge in [-0.1, -0.05) is 48.5 Å². The molecular formula is C33H17N3O8S4. The van der Waals surface area contributed by atoms with Crippen LogP contribution in [0.15, 0.2) is 142 Å². The van der Waals surface area contributed by atoms with Crippen LogP contribution >= 0.6 is 0 Å². The number of benzene rings is 5. The summed E-state index contributed by atoms with van der Waals surface area (Å²) in [6.45, 7) is 0. The third kappa shape index (κ3) is 3.02. The van der Waals surface area contributed by atoms with Crippen LogP contribution in [0.3, 0.4) is 0 Å². The fourth-order valence-electron chi connectivity index (χ4n) is 7.27. The van der Waals surface area contributed by atoms with Crippen LogP contribution in [0.2, 0.25) is 0 Å². The van der Waals surface area contributed by atoms with E-state index in [1.807, 2.05) is 0 Å². The van der Waals surface area contributed by atoms with Gasteiger partial charge < -0.3 is 9.80 Å². The minimum absolute atomic E-state index is 0.109. The topological polar surface area (TPSA) is 156 Å². The van der Waals surface area contributed by atoms with Crippen molar-refractivity contribution < 1.29 is 33.7 Å². The summed E-state index contributed by atoms with van der Waals surface area (Å²) in [5.74, 6) is 0. The summed E-state index contributed by atoms with van der Waals surface area (Å²) in [7, 11) is -18.2. The molecule has 0 unspecified atom stereocenters. The second kappa shape index (κ2) is 8.49. The number of nitrogens with zero attached hydrogens (tertiary/aromatic N) is 3. The van der Waals surface area contributed by atoms with E-state index in [0.29, 0.717) is 0 Å². The van der Waals surface area contributed by atoms with E-state index in [4.69, 9.17) is 0 Å². The summed E-state index contributed by atoms with van der Waals surface area (Å²) in [5.41, 5.74) is -0.318. The van der Waals surface area contributed by atoms with Gasteiger partial charge in [0.1, 0.15) is 15.5 Å². The minimum Gasteiger partial charge on any atom is -0.305 e. The Morgan fingerprint density at radius 1 is 0.417 bits per heavy atom. The summed E-state index contributed by atoms with van der Waals surface area (Å²) in [5, 5.41) is -0.986. The summed E-state index contributed by atoms with van der Waals surface area (Å²) in [4.78, 5) is 5.31. The van der Waals surface area contributed by atoms with Crippen LogP contribution < -0.4 is 9.80 Å². The number of sulfone groups is 4. The Labute approximate surface area is 274 Å². The van der Waals surface area contributed by atoms with Crippen LogP contribution in [0.25, 0.3) is 10.9 Å². The number of rotatable bonds is 0. The summed E-state index contributed by atoms with van der Waals surface area (Å²) >= 11 is 0. The maximum Gasteiger partial charge on any atom is 0.228 e. The second-order valence-corrected chi connectivity index (χ2v) is 19.0. The number of hydrogen-bond acceptors (Lipinski definition) is 11. The van der Waals surface area contributed by atoms with Crippen molar-refractivity contribution in [2.24, 2.45) is 0 Å². The molecule has 0 saturated carbocycles. The number of hydrogen-bond donors (Lipinski definition) is 0. The maximum absolute atomic E-state index is 14.7. The van der Waals surface area contributed by atoms with Crippen LogP contribution in [0.4, 0.5) is 34.1 Å². The lowest BCUT2D eigenvalue weighted by Gasteiger charge is -2.40. The molecule has 0 aliphatic carbocycles. The molecule has 0 atom stereocenters. The number of anilines is 6. The molecule has 6 aromatic rings. The minimum atomic E-state index is -4.63. The Balaban J connectivity index is 1.49. The number of aromatic nitrogens is 1. The zero-order chi connectivity index (χ0) is 33.1. The van der Waals surface area contributed by atoms with Gasteiger partial charge in [0.25, 0.3) is 0 Å². The Bertz CT molecular complexity index is 2800. The first kappa shape index (κ1) is 28.0. The molecule has 0 amide bonds. The Kier molecular flexibility index (Phi) is 4.95. The van der Waals surface area contributed by atoms with Crippen molar-refractivity contribution in [3.8, 4) is 0 Å². The summed E-state index contributed by atoms with van der Waals surface area (Å²) in [6, 6.07) is 25.4. The van der Waals surface area contributed by atoms with Crippen molar-refractivity contribution in [2.45, 2.75) is 39.3 Å². The molecule has 0 saturated heterocycles. The lowest BCUT2D eigenvalue weighted by molar-refractivity contribution is 0.584. The smallest absolute Gasteiger partial charge is 0.228 e. The number of fused-ring (bicyclic) bond motifs is 11. The highest BCUT2D eigenvalue weighted by Gasteiger charge is 2.50. The van der Waals surface area contributed by atoms with E-state index in [9.17, 15) is 33.7 Å². The molecule has 5 heterocycles. The molecule has 0 fully saturated rings. The van der Waals surface area contributed by atoms with Crippen molar-refractivity contribution in [1.82, 2.24) is 4.98 Å². The van der Waals surface area contributed by atoms with E-state index in [2.05, 4.69) is 4.98 Å². The van der Waals surface area contributed by atoms with Gasteiger partial charge in [0.15, 0.2) is 5.03 Å². The second-order valence-electron chi connectivity index (χ2n) is 11.6. The fourth-order valence-corrected chi connectivity index (χ4v) is 14.2. The van der Waals surface area contributed by atoms with Crippen molar-refractivity contribution in [2.75, 3.05) is 9.80 Å². The van der Waals surface area contributed by atoms with Gasteiger partial charge in [-0.3, -0.25) is 0 Å². The zero-order valence-electron chi connectivity index (χ0n) is 24.1. The third-order valence-electron chi connectivity index (χ3n) is 9.18. The molecule has 0 N–H and O–H groups in total. The fraction of sp³-hybridized carbons (Fsp3) is 0. The molecule has 0 bridgehead atoms. The first-order chi connectivity index (χ1) is 22.9. The summed E-state index contributed by atoms with van der Waals surface area (Å²) < 4.78 is 116. The molecule has 1 aromatic heterocycles. The van der Waals surface area contributed by atoms with E-state index in [1.54, 1.807) is 42.5 Å². The molecule has 0 radical (unpaired) electrons. The van der Waals surface area contributed by atoms with Gasteiger partial charge >= 0.3 is 0 Å². The molecule has 10 rings (SSSR count). The lowest BCUT2D eigenvalue weighted by Crippen LogP contribution is -2.32. The zero-order valence-corrected chi connectivity index (χ0v) is 27.3. The number of pyridine rings is 1. The molecule has 4 aliphatic heterocycles. The monoisotopic (exact) mass is 711 g/mol. The van der Waals surface area contributed by atoms with E-state index < -0.39 is 64.6 Å². The highest BCUT2D eigenvalue weighted by Crippen LogP contribution is 2.61. The van der Waals surface area contributed by atoms with Crippen molar-refractivity contribution in [3.05, 3.63) is 103 Å². The van der Waals surface area contributed by atoms with Crippen molar-refractivity contribution >= 4 is 84.4 Å². The number of para-hydroxylation sites is 4. The molecule has 11 nitrogen and oxygen atoms in total. The molecule has 48 heavy (non-hydrogen) atoms. The van der Waals surface area contributed by atoms with Gasteiger partial charge in [0.05, 0.1) is 58.4 Å². The lowest BCUT2D eigenvalue weighted by atomic mass is 10.1. The highest BCUT2D eigenvalue weighted by molar-refractivity contribution is 7.94. The average molecular weight is 712 g/mol. The average Bonchev–Trinajstić information content (AvgIpc) is 3.07. The van der Waals surface area contributed by atoms with Crippen LogP contribution in [0.5, 0.6) is 0 Å². The first-order valence-corrected chi connectivity index (χ1v) is 20.3. The predicted octanol–water partition coefficient (Wildman–Crippen LogP) is 5.76. The van der Waals surface area contributed by atoms with E-state index >= 15 is 0 Å². The van der Waals surface area contributed by atoms with Gasteiger partial charge in [-0.2, -0.15) is 0 Å². The van der Waals surface area contributed by atoms with Crippen LogP contribution in [0.1, 0.15) is 0 Å². The Hall–Kier alpha value is -5.09. The molecule has 0 spiro atoms. The van der Waals surface area contributed by atoms with Gasteiger partial charge in [-0.05, 0) is 54.6 Å². The normalized spacial score (nSPS) is 18.8. The standard InChI is InChI=1S/C33H17N3O8S4/c37-45(38)23-13-5-1-9-19(23)35-20-10-2-7-15-25(20)47(41,42)32-28-18(17-27(45)29(32)35)31-30-33(34-28)48(43,44)26-16-8-4-12-22(26)36(30)21-11-3-6-14-24(21)46(31,39)40/h1-17H. The largest absolute Gasteiger partial charge is 0.305 e. The van der Waals surface area contributed by atoms with Crippen LogP contribution in [-0.4, -0.2) is 38.7 Å². The Morgan fingerprint density at radius 2 is 0.812 bits per heavy atom. The highest BCUT2D eigenvalue weighted by atomic mass is 32.2.